The van der Waals surface area contributed by atoms with E-state index >= 15 is 0 Å². The monoisotopic (exact) mass is 414 g/mol. The van der Waals surface area contributed by atoms with Gasteiger partial charge in [0.2, 0.25) is 0 Å². The number of urea groups is 1. The minimum absolute atomic E-state index is 0.0109. The normalized spacial score (nSPS) is 15.8. The highest BCUT2D eigenvalue weighted by atomic mass is 19.1. The number of hydrogen-bond acceptors (Lipinski definition) is 5. The maximum atomic E-state index is 13.1. The van der Waals surface area contributed by atoms with Crippen molar-refractivity contribution >= 4 is 24.0 Å². The summed E-state index contributed by atoms with van der Waals surface area (Å²) in [6, 6.07) is 9.66. The number of hydrogen-bond donors (Lipinski definition) is 2. The Kier molecular flexibility index (Phi) is 6.01. The third kappa shape index (κ3) is 4.40. The fourth-order valence-electron chi connectivity index (χ4n) is 2.80. The van der Waals surface area contributed by atoms with Gasteiger partial charge >= 0.3 is 12.0 Å². The Bertz CT molecular complexity index is 1020. The Hall–Kier alpha value is -3.88. The number of carboxylic acids is 1. The van der Waals surface area contributed by atoms with Crippen LogP contribution in [0.15, 0.2) is 48.2 Å². The average Bonchev–Trinajstić information content (AvgIpc) is 2.98. The molecule has 2 aromatic rings. The Labute approximate surface area is 171 Å². The van der Waals surface area contributed by atoms with E-state index in [0.717, 1.165) is 4.90 Å². The van der Waals surface area contributed by atoms with Gasteiger partial charge in [0.1, 0.15) is 11.5 Å². The molecule has 3 rings (SSSR count). The first-order chi connectivity index (χ1) is 14.3. The van der Waals surface area contributed by atoms with Crippen molar-refractivity contribution in [3.05, 3.63) is 65.1 Å². The fourth-order valence-corrected chi connectivity index (χ4v) is 2.80. The van der Waals surface area contributed by atoms with E-state index < -0.39 is 29.8 Å². The quantitative estimate of drug-likeness (QED) is 0.533. The van der Waals surface area contributed by atoms with Crippen LogP contribution < -0.4 is 14.8 Å². The zero-order chi connectivity index (χ0) is 21.8. The molecule has 1 aliphatic heterocycles. The molecule has 0 spiro atoms. The summed E-state index contributed by atoms with van der Waals surface area (Å²) in [5, 5.41) is 11.6. The topological polar surface area (TPSA) is 105 Å². The number of benzene rings is 2. The van der Waals surface area contributed by atoms with Crippen LogP contribution in [0.25, 0.3) is 6.08 Å². The molecule has 2 aromatic carbocycles. The van der Waals surface area contributed by atoms with Gasteiger partial charge in [0.25, 0.3) is 5.91 Å². The lowest BCUT2D eigenvalue weighted by Crippen LogP contribution is -2.30. The maximum Gasteiger partial charge on any atom is 0.344 e. The number of carbonyl (C=O) groups excluding carboxylic acids is 2. The number of ether oxygens (including phenoxy) is 2. The lowest BCUT2D eigenvalue weighted by atomic mass is 10.1. The van der Waals surface area contributed by atoms with Crippen LogP contribution >= 0.6 is 0 Å². The SMILES string of the molecule is COc1cccc(/C=C2\NC(=O)N(Cc3ccc(F)cc3)C2=O)c1O[C@H](C)C(=O)O. The summed E-state index contributed by atoms with van der Waals surface area (Å²) in [7, 11) is 1.40. The Morgan fingerprint density at radius 2 is 1.93 bits per heavy atom. The minimum atomic E-state index is -1.17. The average molecular weight is 414 g/mol. The first-order valence-electron chi connectivity index (χ1n) is 8.95. The predicted molar refractivity (Wildman–Crippen MR) is 104 cm³/mol. The summed E-state index contributed by atoms with van der Waals surface area (Å²) in [6.07, 6.45) is 0.222. The van der Waals surface area contributed by atoms with Crippen molar-refractivity contribution < 1.29 is 33.4 Å². The number of rotatable bonds is 7. The van der Waals surface area contributed by atoms with Gasteiger partial charge in [-0.25, -0.2) is 14.0 Å². The number of amides is 3. The van der Waals surface area contributed by atoms with Gasteiger partial charge in [-0.2, -0.15) is 0 Å². The molecule has 0 unspecified atom stereocenters. The van der Waals surface area contributed by atoms with Gasteiger partial charge in [-0.3, -0.25) is 9.69 Å². The molecule has 9 heteroatoms. The van der Waals surface area contributed by atoms with Crippen molar-refractivity contribution in [3.63, 3.8) is 0 Å². The molecule has 0 aromatic heterocycles. The summed E-state index contributed by atoms with van der Waals surface area (Å²) >= 11 is 0. The van der Waals surface area contributed by atoms with E-state index in [1.54, 1.807) is 18.2 Å². The molecule has 1 aliphatic rings. The van der Waals surface area contributed by atoms with Crippen molar-refractivity contribution in [2.45, 2.75) is 19.6 Å². The summed E-state index contributed by atoms with van der Waals surface area (Å²) in [5.41, 5.74) is 0.930. The standard InChI is InChI=1S/C21H19FN2O6/c1-12(20(26)27)30-18-14(4-3-5-17(18)29-2)10-16-19(25)24(21(28)23-16)11-13-6-8-15(22)9-7-13/h3-10,12H,11H2,1-2H3,(H,23,28)(H,26,27)/b16-10-/t12-/m1/s1. The highest BCUT2D eigenvalue weighted by Crippen LogP contribution is 2.34. The molecule has 1 atom stereocenters. The lowest BCUT2D eigenvalue weighted by molar-refractivity contribution is -0.144. The predicted octanol–water partition coefficient (Wildman–Crippen LogP) is 2.78. The number of halogens is 1. The van der Waals surface area contributed by atoms with E-state index in [4.69, 9.17) is 14.6 Å². The molecular weight excluding hydrogens is 395 g/mol. The fraction of sp³-hybridized carbons (Fsp3) is 0.190. The van der Waals surface area contributed by atoms with E-state index in [9.17, 15) is 18.8 Å². The Morgan fingerprint density at radius 3 is 2.57 bits per heavy atom. The molecule has 1 saturated heterocycles. The van der Waals surface area contributed by atoms with Gasteiger partial charge in [0, 0.05) is 5.56 Å². The highest BCUT2D eigenvalue weighted by molar-refractivity contribution is 6.14. The van der Waals surface area contributed by atoms with Gasteiger partial charge in [-0.05, 0) is 36.8 Å². The summed E-state index contributed by atoms with van der Waals surface area (Å²) in [6.45, 7) is 1.33. The lowest BCUT2D eigenvalue weighted by Gasteiger charge is -2.16. The van der Waals surface area contributed by atoms with Crippen molar-refractivity contribution in [2.75, 3.05) is 7.11 Å². The number of methoxy groups -OCH3 is 1. The van der Waals surface area contributed by atoms with Gasteiger partial charge in [0.15, 0.2) is 17.6 Å². The molecule has 3 amide bonds. The smallest absolute Gasteiger partial charge is 0.344 e. The number of imide groups is 1. The Balaban J connectivity index is 1.89. The van der Waals surface area contributed by atoms with Crippen molar-refractivity contribution in [2.24, 2.45) is 0 Å². The molecular formula is C21H19FN2O6. The highest BCUT2D eigenvalue weighted by Gasteiger charge is 2.34. The molecule has 8 nitrogen and oxygen atoms in total. The van der Waals surface area contributed by atoms with Gasteiger partial charge in [0.05, 0.1) is 13.7 Å². The van der Waals surface area contributed by atoms with Crippen LogP contribution in [0, 0.1) is 5.82 Å². The molecule has 0 aliphatic carbocycles. The van der Waals surface area contributed by atoms with Crippen molar-refractivity contribution in [1.29, 1.82) is 0 Å². The van der Waals surface area contributed by atoms with Crippen LogP contribution in [0.5, 0.6) is 11.5 Å². The van der Waals surface area contributed by atoms with E-state index in [2.05, 4.69) is 5.32 Å². The number of aliphatic carboxylic acids is 1. The first-order valence-corrected chi connectivity index (χ1v) is 8.95. The zero-order valence-corrected chi connectivity index (χ0v) is 16.2. The second-order valence-corrected chi connectivity index (χ2v) is 6.48. The molecule has 30 heavy (non-hydrogen) atoms. The second kappa shape index (κ2) is 8.64. The molecule has 2 N–H and O–H groups in total. The minimum Gasteiger partial charge on any atom is -0.493 e. The van der Waals surface area contributed by atoms with E-state index in [1.165, 1.54) is 44.4 Å². The Morgan fingerprint density at radius 1 is 1.23 bits per heavy atom. The molecule has 0 radical (unpaired) electrons. The maximum absolute atomic E-state index is 13.1. The molecule has 0 saturated carbocycles. The molecule has 156 valence electrons. The number of carbonyl (C=O) groups is 3. The van der Waals surface area contributed by atoms with Crippen LogP contribution in [-0.4, -0.2) is 41.1 Å². The van der Waals surface area contributed by atoms with E-state index in [0.29, 0.717) is 11.1 Å². The van der Waals surface area contributed by atoms with Gasteiger partial charge in [-0.1, -0.05) is 24.3 Å². The number of para-hydroxylation sites is 1. The van der Waals surface area contributed by atoms with Crippen LogP contribution in [-0.2, 0) is 16.1 Å². The van der Waals surface area contributed by atoms with Crippen LogP contribution in [0.3, 0.4) is 0 Å². The third-order valence-corrected chi connectivity index (χ3v) is 4.39. The first kappa shape index (κ1) is 20.8. The molecule has 0 bridgehead atoms. The largest absolute Gasteiger partial charge is 0.493 e. The number of carboxylic acid groups (broad SMARTS) is 1. The second-order valence-electron chi connectivity index (χ2n) is 6.48. The van der Waals surface area contributed by atoms with Crippen molar-refractivity contribution in [1.82, 2.24) is 10.2 Å². The van der Waals surface area contributed by atoms with Crippen LogP contribution in [0.4, 0.5) is 9.18 Å². The number of nitrogens with one attached hydrogen (secondary N) is 1. The van der Waals surface area contributed by atoms with Crippen LogP contribution in [0.1, 0.15) is 18.1 Å². The number of nitrogens with zero attached hydrogens (tertiary/aromatic N) is 1. The molecule has 1 heterocycles. The van der Waals surface area contributed by atoms with Crippen molar-refractivity contribution in [3.8, 4) is 11.5 Å². The van der Waals surface area contributed by atoms with E-state index in [-0.39, 0.29) is 23.7 Å². The summed E-state index contributed by atoms with van der Waals surface area (Å²) in [4.78, 5) is 37.2. The zero-order valence-electron chi connectivity index (χ0n) is 16.2. The molecule has 1 fully saturated rings. The summed E-state index contributed by atoms with van der Waals surface area (Å²) < 4.78 is 23.8. The van der Waals surface area contributed by atoms with E-state index in [1.807, 2.05) is 0 Å². The van der Waals surface area contributed by atoms with Gasteiger partial charge < -0.3 is 19.9 Å². The van der Waals surface area contributed by atoms with Gasteiger partial charge in [-0.15, -0.1) is 0 Å². The van der Waals surface area contributed by atoms with Crippen LogP contribution in [0.2, 0.25) is 0 Å². The summed E-state index contributed by atoms with van der Waals surface area (Å²) in [5.74, 6) is -1.77. The third-order valence-electron chi connectivity index (χ3n) is 4.39.